The first-order valence-electron chi connectivity index (χ1n) is 9.33. The molecule has 0 fully saturated rings. The Kier molecular flexibility index (Phi) is 7.14. The van der Waals surface area contributed by atoms with Crippen molar-refractivity contribution in [3.63, 3.8) is 0 Å². The van der Waals surface area contributed by atoms with Gasteiger partial charge in [-0.2, -0.15) is 0 Å². The molecule has 4 rings (SSSR count). The van der Waals surface area contributed by atoms with Crippen molar-refractivity contribution in [1.82, 2.24) is 10.3 Å². The molecule has 1 aliphatic heterocycles. The van der Waals surface area contributed by atoms with Crippen molar-refractivity contribution in [3.05, 3.63) is 71.1 Å². The molecule has 0 bridgehead atoms. The summed E-state index contributed by atoms with van der Waals surface area (Å²) in [6.07, 6.45) is 1.39. The SMILES string of the molecule is Cc1oc(-c2ccccc2)nc1CCOc1ccc2c(c1)C(C(=O)[O-])NCC2.[Na+]. The van der Waals surface area contributed by atoms with Gasteiger partial charge in [-0.1, -0.05) is 24.3 Å². The zero-order valence-electron chi connectivity index (χ0n) is 16.6. The number of carboxylic acids is 1. The molecular weight excluding hydrogens is 379 g/mol. The van der Waals surface area contributed by atoms with Crippen molar-refractivity contribution in [2.45, 2.75) is 25.8 Å². The van der Waals surface area contributed by atoms with Gasteiger partial charge >= 0.3 is 29.6 Å². The maximum Gasteiger partial charge on any atom is 1.00 e. The number of benzene rings is 2. The van der Waals surface area contributed by atoms with Crippen LogP contribution in [-0.2, 0) is 17.6 Å². The second-order valence-corrected chi connectivity index (χ2v) is 6.80. The molecule has 3 aromatic rings. The molecule has 6 nitrogen and oxygen atoms in total. The Bertz CT molecular complexity index is 988. The van der Waals surface area contributed by atoms with Crippen molar-refractivity contribution in [2.24, 2.45) is 0 Å². The minimum absolute atomic E-state index is 0. The van der Waals surface area contributed by atoms with Gasteiger partial charge < -0.3 is 24.4 Å². The van der Waals surface area contributed by atoms with Crippen molar-refractivity contribution < 1.29 is 48.6 Å². The fraction of sp³-hybridized carbons (Fsp3) is 0.273. The van der Waals surface area contributed by atoms with E-state index in [-0.39, 0.29) is 29.6 Å². The Morgan fingerprint density at radius 1 is 1.28 bits per heavy atom. The molecule has 29 heavy (non-hydrogen) atoms. The molecule has 0 radical (unpaired) electrons. The van der Waals surface area contributed by atoms with Crippen LogP contribution in [0, 0.1) is 6.92 Å². The summed E-state index contributed by atoms with van der Waals surface area (Å²) >= 11 is 0. The molecule has 2 aromatic carbocycles. The van der Waals surface area contributed by atoms with Gasteiger partial charge in [0.25, 0.3) is 0 Å². The summed E-state index contributed by atoms with van der Waals surface area (Å²) in [5.41, 5.74) is 3.52. The third kappa shape index (κ3) is 4.90. The number of carbonyl (C=O) groups excluding carboxylic acids is 1. The van der Waals surface area contributed by atoms with Crippen molar-refractivity contribution >= 4 is 5.97 Å². The molecule has 1 aromatic heterocycles. The maximum atomic E-state index is 11.4. The molecule has 0 spiro atoms. The molecule has 0 amide bonds. The van der Waals surface area contributed by atoms with Crippen molar-refractivity contribution in [1.29, 1.82) is 0 Å². The van der Waals surface area contributed by atoms with E-state index in [4.69, 9.17) is 9.15 Å². The number of hydrogen-bond acceptors (Lipinski definition) is 6. The van der Waals surface area contributed by atoms with Crippen LogP contribution in [0.1, 0.15) is 28.6 Å². The predicted octanol–water partition coefficient (Wildman–Crippen LogP) is -0.788. The van der Waals surface area contributed by atoms with Gasteiger partial charge in [-0.15, -0.1) is 0 Å². The van der Waals surface area contributed by atoms with Gasteiger partial charge in [0.1, 0.15) is 11.5 Å². The van der Waals surface area contributed by atoms with Crippen LogP contribution in [0.25, 0.3) is 11.5 Å². The minimum Gasteiger partial charge on any atom is -0.548 e. The smallest absolute Gasteiger partial charge is 0.548 e. The average molecular weight is 400 g/mol. The third-order valence-electron chi connectivity index (χ3n) is 4.93. The van der Waals surface area contributed by atoms with Crippen LogP contribution in [0.15, 0.2) is 52.9 Å². The molecular formula is C22H21N2NaO4. The van der Waals surface area contributed by atoms with E-state index in [2.05, 4.69) is 10.3 Å². The fourth-order valence-electron chi connectivity index (χ4n) is 3.46. The number of ether oxygens (including phenoxy) is 1. The topological polar surface area (TPSA) is 87.4 Å². The zero-order chi connectivity index (χ0) is 19.5. The summed E-state index contributed by atoms with van der Waals surface area (Å²) < 4.78 is 11.6. The number of hydrogen-bond donors (Lipinski definition) is 1. The van der Waals surface area contributed by atoms with E-state index in [0.29, 0.717) is 36.8 Å². The number of oxazole rings is 1. The third-order valence-corrected chi connectivity index (χ3v) is 4.93. The van der Waals surface area contributed by atoms with E-state index in [1.165, 1.54) is 0 Å². The molecule has 1 atom stereocenters. The van der Waals surface area contributed by atoms with Gasteiger partial charge in [0.15, 0.2) is 0 Å². The number of nitrogens with one attached hydrogen (secondary N) is 1. The Morgan fingerprint density at radius 3 is 2.83 bits per heavy atom. The number of aryl methyl sites for hydroxylation is 1. The molecule has 0 saturated heterocycles. The van der Waals surface area contributed by atoms with Crippen LogP contribution in [0.5, 0.6) is 5.75 Å². The van der Waals surface area contributed by atoms with Crippen molar-refractivity contribution in [3.8, 4) is 17.2 Å². The van der Waals surface area contributed by atoms with Crippen LogP contribution in [-0.4, -0.2) is 24.1 Å². The molecule has 2 heterocycles. The van der Waals surface area contributed by atoms with Crippen LogP contribution in [0.2, 0.25) is 0 Å². The predicted molar refractivity (Wildman–Crippen MR) is 102 cm³/mol. The monoisotopic (exact) mass is 400 g/mol. The van der Waals surface area contributed by atoms with Crippen LogP contribution >= 0.6 is 0 Å². The van der Waals surface area contributed by atoms with Crippen LogP contribution in [0.4, 0.5) is 0 Å². The summed E-state index contributed by atoms with van der Waals surface area (Å²) in [4.78, 5) is 15.9. The molecule has 144 valence electrons. The zero-order valence-corrected chi connectivity index (χ0v) is 18.6. The molecule has 1 unspecified atom stereocenters. The van der Waals surface area contributed by atoms with Gasteiger partial charge in [-0.25, -0.2) is 4.98 Å². The Labute approximate surface area is 191 Å². The van der Waals surface area contributed by atoms with E-state index >= 15 is 0 Å². The van der Waals surface area contributed by atoms with E-state index < -0.39 is 12.0 Å². The van der Waals surface area contributed by atoms with E-state index in [1.807, 2.05) is 49.4 Å². The number of fused-ring (bicyclic) bond motifs is 1. The van der Waals surface area contributed by atoms with Gasteiger partial charge in [0, 0.05) is 18.5 Å². The van der Waals surface area contributed by atoms with Gasteiger partial charge in [0.05, 0.1) is 24.3 Å². The second-order valence-electron chi connectivity index (χ2n) is 6.80. The molecule has 0 aliphatic carbocycles. The van der Waals surface area contributed by atoms with Gasteiger partial charge in [0.2, 0.25) is 5.89 Å². The second kappa shape index (κ2) is 9.59. The fourth-order valence-corrected chi connectivity index (χ4v) is 3.46. The van der Waals surface area contributed by atoms with E-state index in [0.717, 1.165) is 29.0 Å². The van der Waals surface area contributed by atoms with Crippen molar-refractivity contribution in [2.75, 3.05) is 13.2 Å². The van der Waals surface area contributed by atoms with Gasteiger partial charge in [-0.05, 0) is 48.7 Å². The summed E-state index contributed by atoms with van der Waals surface area (Å²) in [5, 5.41) is 14.3. The summed E-state index contributed by atoms with van der Waals surface area (Å²) in [7, 11) is 0. The van der Waals surface area contributed by atoms with E-state index in [9.17, 15) is 9.90 Å². The largest absolute Gasteiger partial charge is 1.00 e. The number of aromatic nitrogens is 1. The molecule has 7 heteroatoms. The summed E-state index contributed by atoms with van der Waals surface area (Å²) in [6, 6.07) is 14.6. The Hall–Kier alpha value is -2.12. The summed E-state index contributed by atoms with van der Waals surface area (Å²) in [5.74, 6) is 0.891. The van der Waals surface area contributed by atoms with Crippen LogP contribution in [0.3, 0.4) is 0 Å². The first-order valence-corrected chi connectivity index (χ1v) is 9.33. The molecule has 0 saturated carbocycles. The summed E-state index contributed by atoms with van der Waals surface area (Å²) in [6.45, 7) is 2.94. The standard InChI is InChI=1S/C22H22N2O4.Na/c1-14-19(24-21(28-14)16-5-3-2-4-6-16)10-12-27-17-8-7-15-9-11-23-20(22(25)26)18(15)13-17;/h2-8,13,20,23H,9-12H2,1H3,(H,25,26);/q;+1/p-1. The minimum atomic E-state index is -1.12. The average Bonchev–Trinajstić information content (AvgIpc) is 3.08. The first-order chi connectivity index (χ1) is 13.6. The first kappa shape index (κ1) is 21.6. The molecule has 1 aliphatic rings. The Balaban J connectivity index is 0.00000240. The van der Waals surface area contributed by atoms with Gasteiger partial charge in [-0.3, -0.25) is 0 Å². The maximum absolute atomic E-state index is 11.4. The van der Waals surface area contributed by atoms with Crippen LogP contribution < -0.4 is 44.7 Å². The Morgan fingerprint density at radius 2 is 2.07 bits per heavy atom. The molecule has 1 N–H and O–H groups in total. The quantitative estimate of drug-likeness (QED) is 0.546. The number of aliphatic carboxylic acids is 1. The normalized spacial score (nSPS) is 15.3. The number of nitrogens with zero attached hydrogens (tertiary/aromatic N) is 1. The number of rotatable bonds is 6. The van der Waals surface area contributed by atoms with E-state index in [1.54, 1.807) is 6.07 Å². The number of carboxylic acid groups (broad SMARTS) is 1. The number of carbonyl (C=O) groups is 1.